The highest BCUT2D eigenvalue weighted by atomic mass is 16.4. The Bertz CT molecular complexity index is 333. The Labute approximate surface area is 102 Å². The normalized spacial score (nSPS) is 33.1. The lowest BCUT2D eigenvalue weighted by Crippen LogP contribution is -2.39. The molecule has 0 heterocycles. The Balaban J connectivity index is 1.87. The van der Waals surface area contributed by atoms with Gasteiger partial charge in [-0.25, -0.2) is 0 Å². The Morgan fingerprint density at radius 2 is 2.12 bits per heavy atom. The lowest BCUT2D eigenvalue weighted by Gasteiger charge is -2.25. The number of nitrogens with two attached hydrogens (primary N) is 1. The van der Waals surface area contributed by atoms with E-state index in [2.05, 4.69) is 5.16 Å². The van der Waals surface area contributed by atoms with E-state index in [9.17, 15) is 4.79 Å². The first-order valence-corrected chi connectivity index (χ1v) is 6.29. The third-order valence-corrected chi connectivity index (χ3v) is 4.33. The topological polar surface area (TPSA) is 78.9 Å². The van der Waals surface area contributed by atoms with Crippen LogP contribution in [0.3, 0.4) is 0 Å². The Morgan fingerprint density at radius 1 is 1.53 bits per heavy atom. The highest BCUT2D eigenvalue weighted by Crippen LogP contribution is 2.58. The number of rotatable bonds is 4. The van der Waals surface area contributed by atoms with Crippen LogP contribution in [-0.4, -0.2) is 34.9 Å². The zero-order valence-corrected chi connectivity index (χ0v) is 10.5. The average Bonchev–Trinajstić information content (AvgIpc) is 2.79. The molecular weight excluding hydrogens is 218 g/mol. The SMILES string of the molecule is CC(CC(N)=NO)N(C)C(=O)C1C2CCCC21. The quantitative estimate of drug-likeness (QED) is 0.333. The fraction of sp³-hybridized carbons (Fsp3) is 0.833. The fourth-order valence-corrected chi connectivity index (χ4v) is 3.12. The van der Waals surface area contributed by atoms with E-state index >= 15 is 0 Å². The van der Waals surface area contributed by atoms with Crippen LogP contribution in [0.2, 0.25) is 0 Å². The van der Waals surface area contributed by atoms with E-state index in [1.807, 2.05) is 14.0 Å². The minimum absolute atomic E-state index is 0.0141. The second-order valence-corrected chi connectivity index (χ2v) is 5.38. The maximum atomic E-state index is 12.2. The van der Waals surface area contributed by atoms with Crippen molar-refractivity contribution in [1.82, 2.24) is 4.90 Å². The monoisotopic (exact) mass is 239 g/mol. The molecule has 2 aliphatic carbocycles. The first-order chi connectivity index (χ1) is 8.06. The van der Waals surface area contributed by atoms with Crippen molar-refractivity contribution in [1.29, 1.82) is 0 Å². The molecule has 0 radical (unpaired) electrons. The first-order valence-electron chi connectivity index (χ1n) is 6.29. The van der Waals surface area contributed by atoms with Gasteiger partial charge in [-0.15, -0.1) is 0 Å². The number of hydrogen-bond acceptors (Lipinski definition) is 3. The zero-order valence-electron chi connectivity index (χ0n) is 10.5. The standard InChI is InChI=1S/C12H21N3O2/c1-7(6-10(13)14-17)15(2)12(16)11-8-4-3-5-9(8)11/h7-9,11,17H,3-6H2,1-2H3,(H2,13,14). The van der Waals surface area contributed by atoms with Gasteiger partial charge in [0.2, 0.25) is 5.91 Å². The summed E-state index contributed by atoms with van der Waals surface area (Å²) in [5.41, 5.74) is 5.46. The molecular formula is C12H21N3O2. The summed E-state index contributed by atoms with van der Waals surface area (Å²) in [4.78, 5) is 14.0. The molecule has 2 rings (SSSR count). The lowest BCUT2D eigenvalue weighted by molar-refractivity contribution is -0.133. The van der Waals surface area contributed by atoms with Crippen molar-refractivity contribution in [2.24, 2.45) is 28.6 Å². The van der Waals surface area contributed by atoms with Gasteiger partial charge in [0.1, 0.15) is 5.84 Å². The molecule has 2 fully saturated rings. The van der Waals surface area contributed by atoms with Crippen molar-refractivity contribution in [2.75, 3.05) is 7.05 Å². The van der Waals surface area contributed by atoms with E-state index in [1.54, 1.807) is 4.90 Å². The molecule has 0 aromatic carbocycles. The third-order valence-electron chi connectivity index (χ3n) is 4.33. The summed E-state index contributed by atoms with van der Waals surface area (Å²) in [6.45, 7) is 1.92. The first kappa shape index (κ1) is 12.2. The van der Waals surface area contributed by atoms with Crippen LogP contribution in [0.25, 0.3) is 0 Å². The van der Waals surface area contributed by atoms with Gasteiger partial charge in [-0.3, -0.25) is 4.79 Å². The molecule has 0 saturated heterocycles. The van der Waals surface area contributed by atoms with Crippen molar-refractivity contribution < 1.29 is 10.0 Å². The molecule has 1 amide bonds. The molecule has 5 nitrogen and oxygen atoms in total. The van der Waals surface area contributed by atoms with Gasteiger partial charge in [0.15, 0.2) is 0 Å². The molecule has 3 atom stereocenters. The van der Waals surface area contributed by atoms with E-state index in [-0.39, 0.29) is 23.7 Å². The number of nitrogens with zero attached hydrogens (tertiary/aromatic N) is 2. The molecule has 3 N–H and O–H groups in total. The van der Waals surface area contributed by atoms with Gasteiger partial charge >= 0.3 is 0 Å². The molecule has 0 bridgehead atoms. The largest absolute Gasteiger partial charge is 0.409 e. The van der Waals surface area contributed by atoms with Crippen molar-refractivity contribution in [3.8, 4) is 0 Å². The van der Waals surface area contributed by atoms with Gasteiger partial charge in [-0.1, -0.05) is 11.6 Å². The summed E-state index contributed by atoms with van der Waals surface area (Å²) in [6.07, 6.45) is 4.12. The molecule has 3 unspecified atom stereocenters. The highest BCUT2D eigenvalue weighted by molar-refractivity contribution is 5.84. The molecule has 2 aliphatic rings. The van der Waals surface area contributed by atoms with Gasteiger partial charge < -0.3 is 15.8 Å². The minimum atomic E-state index is -0.0141. The number of carbonyl (C=O) groups is 1. The van der Waals surface area contributed by atoms with Gasteiger partial charge in [0, 0.05) is 25.4 Å². The summed E-state index contributed by atoms with van der Waals surface area (Å²) >= 11 is 0. The molecule has 0 aromatic heterocycles. The number of amides is 1. The Hall–Kier alpha value is -1.26. The summed E-state index contributed by atoms with van der Waals surface area (Å²) < 4.78 is 0. The van der Waals surface area contributed by atoms with Crippen LogP contribution in [0.1, 0.15) is 32.6 Å². The minimum Gasteiger partial charge on any atom is -0.409 e. The maximum absolute atomic E-state index is 12.2. The van der Waals surface area contributed by atoms with Crippen molar-refractivity contribution in [3.63, 3.8) is 0 Å². The predicted molar refractivity (Wildman–Crippen MR) is 64.6 cm³/mol. The van der Waals surface area contributed by atoms with Crippen LogP contribution in [0.5, 0.6) is 0 Å². The van der Waals surface area contributed by atoms with Crippen molar-refractivity contribution >= 4 is 11.7 Å². The summed E-state index contributed by atoms with van der Waals surface area (Å²) in [5.74, 6) is 1.94. The van der Waals surface area contributed by atoms with Crippen LogP contribution in [0, 0.1) is 17.8 Å². The number of amidine groups is 1. The van der Waals surface area contributed by atoms with Crippen LogP contribution >= 0.6 is 0 Å². The average molecular weight is 239 g/mol. The van der Waals surface area contributed by atoms with Gasteiger partial charge in [0.25, 0.3) is 0 Å². The van der Waals surface area contributed by atoms with E-state index in [0.717, 1.165) is 0 Å². The van der Waals surface area contributed by atoms with Crippen LogP contribution in [0.4, 0.5) is 0 Å². The fourth-order valence-electron chi connectivity index (χ4n) is 3.12. The maximum Gasteiger partial charge on any atom is 0.226 e. The molecule has 0 spiro atoms. The molecule has 5 heteroatoms. The van der Waals surface area contributed by atoms with Crippen LogP contribution in [0.15, 0.2) is 5.16 Å². The smallest absolute Gasteiger partial charge is 0.226 e. The lowest BCUT2D eigenvalue weighted by atomic mass is 10.1. The predicted octanol–water partition coefficient (Wildman–Crippen LogP) is 1.02. The van der Waals surface area contributed by atoms with Crippen molar-refractivity contribution in [2.45, 2.75) is 38.6 Å². The third kappa shape index (κ3) is 2.23. The van der Waals surface area contributed by atoms with Crippen LogP contribution in [-0.2, 0) is 4.79 Å². The van der Waals surface area contributed by atoms with E-state index in [0.29, 0.717) is 18.3 Å². The van der Waals surface area contributed by atoms with Gasteiger partial charge in [0.05, 0.1) is 0 Å². The number of carbonyl (C=O) groups excluding carboxylic acids is 1. The molecule has 2 saturated carbocycles. The van der Waals surface area contributed by atoms with Gasteiger partial charge in [-0.2, -0.15) is 0 Å². The van der Waals surface area contributed by atoms with Gasteiger partial charge in [-0.05, 0) is 31.6 Å². The second-order valence-electron chi connectivity index (χ2n) is 5.38. The zero-order chi connectivity index (χ0) is 12.6. The van der Waals surface area contributed by atoms with E-state index < -0.39 is 0 Å². The number of fused-ring (bicyclic) bond motifs is 1. The highest BCUT2D eigenvalue weighted by Gasteiger charge is 2.57. The van der Waals surface area contributed by atoms with Crippen molar-refractivity contribution in [3.05, 3.63) is 0 Å². The second kappa shape index (κ2) is 4.55. The summed E-state index contributed by atoms with van der Waals surface area (Å²) in [5, 5.41) is 11.5. The van der Waals surface area contributed by atoms with E-state index in [4.69, 9.17) is 10.9 Å². The summed E-state index contributed by atoms with van der Waals surface area (Å²) in [6, 6.07) is -0.0141. The molecule has 0 aliphatic heterocycles. The Morgan fingerprint density at radius 3 is 2.65 bits per heavy atom. The molecule has 17 heavy (non-hydrogen) atoms. The summed E-state index contributed by atoms with van der Waals surface area (Å²) in [7, 11) is 1.81. The van der Waals surface area contributed by atoms with E-state index in [1.165, 1.54) is 19.3 Å². The number of hydrogen-bond donors (Lipinski definition) is 2. The number of oxime groups is 1. The molecule has 0 aromatic rings. The van der Waals surface area contributed by atoms with Crippen LogP contribution < -0.4 is 5.73 Å². The Kier molecular flexibility index (Phi) is 3.26. The molecule has 96 valence electrons.